The number of hydrogen-bond donors (Lipinski definition) is 1. The molecule has 0 aliphatic carbocycles. The van der Waals surface area contributed by atoms with Gasteiger partial charge >= 0.3 is 0 Å². The molecular weight excluding hydrogens is 308 g/mol. The van der Waals surface area contributed by atoms with Crippen LogP contribution in [-0.2, 0) is 4.79 Å². The SMILES string of the molecule is CCN(CC)c1ccc(NC(=O)C=Cc2ccccc2Cl)cc1. The fourth-order valence-electron chi connectivity index (χ4n) is 2.30. The van der Waals surface area contributed by atoms with Crippen molar-refractivity contribution in [3.8, 4) is 0 Å². The standard InChI is InChI=1S/C19H21ClN2O/c1-3-22(4-2)17-12-10-16(11-13-17)21-19(23)14-9-15-7-5-6-8-18(15)20/h5-14H,3-4H2,1-2H3,(H,21,23). The van der Waals surface area contributed by atoms with E-state index in [1.807, 2.05) is 42.5 Å². The minimum atomic E-state index is -0.180. The number of nitrogens with one attached hydrogen (secondary N) is 1. The van der Waals surface area contributed by atoms with Gasteiger partial charge in [0, 0.05) is 35.6 Å². The van der Waals surface area contributed by atoms with E-state index < -0.39 is 0 Å². The van der Waals surface area contributed by atoms with E-state index in [2.05, 4.69) is 24.1 Å². The van der Waals surface area contributed by atoms with E-state index in [-0.39, 0.29) is 5.91 Å². The Morgan fingerprint density at radius 1 is 1.09 bits per heavy atom. The molecule has 0 aliphatic heterocycles. The molecule has 2 rings (SSSR count). The van der Waals surface area contributed by atoms with Crippen molar-refractivity contribution < 1.29 is 4.79 Å². The minimum Gasteiger partial charge on any atom is -0.372 e. The molecule has 0 saturated carbocycles. The molecule has 0 heterocycles. The Kier molecular flexibility index (Phi) is 6.24. The van der Waals surface area contributed by atoms with Gasteiger partial charge in [0.2, 0.25) is 5.91 Å². The number of anilines is 2. The third kappa shape index (κ3) is 4.86. The molecule has 0 radical (unpaired) electrons. The number of nitrogens with zero attached hydrogens (tertiary/aromatic N) is 1. The van der Waals surface area contributed by atoms with Crippen LogP contribution in [-0.4, -0.2) is 19.0 Å². The molecule has 0 unspecified atom stereocenters. The summed E-state index contributed by atoms with van der Waals surface area (Å²) in [4.78, 5) is 14.2. The van der Waals surface area contributed by atoms with E-state index in [0.29, 0.717) is 5.02 Å². The normalized spacial score (nSPS) is 10.7. The summed E-state index contributed by atoms with van der Waals surface area (Å²) in [5, 5.41) is 3.47. The van der Waals surface area contributed by atoms with Crippen molar-refractivity contribution in [3.63, 3.8) is 0 Å². The summed E-state index contributed by atoms with van der Waals surface area (Å²) in [6, 6.07) is 15.3. The van der Waals surface area contributed by atoms with Gasteiger partial charge in [-0.3, -0.25) is 4.79 Å². The highest BCUT2D eigenvalue weighted by Gasteiger charge is 2.03. The number of rotatable bonds is 6. The molecule has 0 atom stereocenters. The Morgan fingerprint density at radius 3 is 2.35 bits per heavy atom. The smallest absolute Gasteiger partial charge is 0.248 e. The Labute approximate surface area is 142 Å². The third-order valence-electron chi connectivity index (χ3n) is 3.58. The highest BCUT2D eigenvalue weighted by atomic mass is 35.5. The first kappa shape index (κ1) is 17.1. The summed E-state index contributed by atoms with van der Waals surface area (Å²) in [6.07, 6.45) is 3.20. The summed E-state index contributed by atoms with van der Waals surface area (Å²) >= 11 is 6.05. The van der Waals surface area contributed by atoms with Crippen LogP contribution in [0.25, 0.3) is 6.08 Å². The van der Waals surface area contributed by atoms with Crippen LogP contribution in [0.5, 0.6) is 0 Å². The summed E-state index contributed by atoms with van der Waals surface area (Å²) < 4.78 is 0. The van der Waals surface area contributed by atoms with Crippen molar-refractivity contribution in [1.29, 1.82) is 0 Å². The van der Waals surface area contributed by atoms with Crippen LogP contribution in [0.1, 0.15) is 19.4 Å². The number of carbonyl (C=O) groups is 1. The van der Waals surface area contributed by atoms with E-state index in [1.54, 1.807) is 12.1 Å². The van der Waals surface area contributed by atoms with E-state index in [9.17, 15) is 4.79 Å². The van der Waals surface area contributed by atoms with Crippen LogP contribution in [0.2, 0.25) is 5.02 Å². The monoisotopic (exact) mass is 328 g/mol. The van der Waals surface area contributed by atoms with E-state index in [4.69, 9.17) is 11.6 Å². The molecule has 2 aromatic carbocycles. The van der Waals surface area contributed by atoms with Gasteiger partial charge in [0.15, 0.2) is 0 Å². The molecule has 0 bridgehead atoms. The van der Waals surface area contributed by atoms with E-state index in [0.717, 1.165) is 30.0 Å². The third-order valence-corrected chi connectivity index (χ3v) is 3.93. The van der Waals surface area contributed by atoms with Crippen LogP contribution < -0.4 is 10.2 Å². The van der Waals surface area contributed by atoms with Gasteiger partial charge in [0.05, 0.1) is 0 Å². The van der Waals surface area contributed by atoms with Gasteiger partial charge in [-0.05, 0) is 55.8 Å². The zero-order valence-electron chi connectivity index (χ0n) is 13.4. The molecule has 0 saturated heterocycles. The summed E-state index contributed by atoms with van der Waals surface area (Å²) in [5.41, 5.74) is 2.75. The number of halogens is 1. The second-order valence-electron chi connectivity index (χ2n) is 5.06. The molecule has 2 aromatic rings. The van der Waals surface area contributed by atoms with E-state index in [1.165, 1.54) is 6.08 Å². The topological polar surface area (TPSA) is 32.3 Å². The maximum Gasteiger partial charge on any atom is 0.248 e. The van der Waals surface area contributed by atoms with Gasteiger partial charge in [0.25, 0.3) is 0 Å². The predicted octanol–water partition coefficient (Wildman–Crippen LogP) is 4.84. The van der Waals surface area contributed by atoms with Gasteiger partial charge in [-0.2, -0.15) is 0 Å². The van der Waals surface area contributed by atoms with Crippen LogP contribution in [0.4, 0.5) is 11.4 Å². The number of hydrogen-bond acceptors (Lipinski definition) is 2. The van der Waals surface area contributed by atoms with Gasteiger partial charge in [0.1, 0.15) is 0 Å². The van der Waals surface area contributed by atoms with Crippen LogP contribution in [0, 0.1) is 0 Å². The van der Waals surface area contributed by atoms with Crippen molar-refractivity contribution in [2.75, 3.05) is 23.3 Å². The summed E-state index contributed by atoms with van der Waals surface area (Å²) in [5.74, 6) is -0.180. The molecule has 0 spiro atoms. The molecular formula is C19H21ClN2O. The first-order chi connectivity index (χ1) is 11.1. The number of benzene rings is 2. The van der Waals surface area contributed by atoms with Crippen LogP contribution >= 0.6 is 11.6 Å². The predicted molar refractivity (Wildman–Crippen MR) is 99.1 cm³/mol. The van der Waals surface area contributed by atoms with Crippen molar-refractivity contribution in [2.24, 2.45) is 0 Å². The lowest BCUT2D eigenvalue weighted by molar-refractivity contribution is -0.111. The summed E-state index contributed by atoms with van der Waals surface area (Å²) in [6.45, 7) is 6.17. The van der Waals surface area contributed by atoms with E-state index >= 15 is 0 Å². The zero-order chi connectivity index (χ0) is 16.7. The second kappa shape index (κ2) is 8.39. The lowest BCUT2D eigenvalue weighted by atomic mass is 10.2. The average Bonchev–Trinajstić information content (AvgIpc) is 2.57. The van der Waals surface area contributed by atoms with Gasteiger partial charge in [-0.15, -0.1) is 0 Å². The van der Waals surface area contributed by atoms with Crippen LogP contribution in [0.15, 0.2) is 54.6 Å². The molecule has 23 heavy (non-hydrogen) atoms. The minimum absolute atomic E-state index is 0.180. The fourth-order valence-corrected chi connectivity index (χ4v) is 2.50. The summed E-state index contributed by atoms with van der Waals surface area (Å²) in [7, 11) is 0. The lowest BCUT2D eigenvalue weighted by Gasteiger charge is -2.21. The quantitative estimate of drug-likeness (QED) is 0.770. The van der Waals surface area contributed by atoms with Crippen molar-refractivity contribution in [2.45, 2.75) is 13.8 Å². The first-order valence-corrected chi connectivity index (χ1v) is 8.10. The highest BCUT2D eigenvalue weighted by molar-refractivity contribution is 6.32. The zero-order valence-corrected chi connectivity index (χ0v) is 14.2. The van der Waals surface area contributed by atoms with Crippen molar-refractivity contribution in [1.82, 2.24) is 0 Å². The molecule has 120 valence electrons. The molecule has 4 heteroatoms. The second-order valence-corrected chi connectivity index (χ2v) is 5.47. The maximum atomic E-state index is 12.0. The Balaban J connectivity index is 1.99. The molecule has 3 nitrogen and oxygen atoms in total. The Morgan fingerprint density at radius 2 is 1.74 bits per heavy atom. The lowest BCUT2D eigenvalue weighted by Crippen LogP contribution is -2.21. The Bertz CT molecular complexity index is 676. The molecule has 0 aliphatic rings. The maximum absolute atomic E-state index is 12.0. The van der Waals surface area contributed by atoms with Crippen LogP contribution in [0.3, 0.4) is 0 Å². The highest BCUT2D eigenvalue weighted by Crippen LogP contribution is 2.18. The fraction of sp³-hybridized carbons (Fsp3) is 0.211. The molecule has 1 amide bonds. The van der Waals surface area contributed by atoms with Gasteiger partial charge in [-0.25, -0.2) is 0 Å². The molecule has 0 fully saturated rings. The first-order valence-electron chi connectivity index (χ1n) is 7.72. The molecule has 0 aromatic heterocycles. The van der Waals surface area contributed by atoms with Gasteiger partial charge < -0.3 is 10.2 Å². The van der Waals surface area contributed by atoms with Crippen molar-refractivity contribution >= 4 is 35.0 Å². The molecule has 1 N–H and O–H groups in total. The number of carbonyl (C=O) groups excluding carboxylic acids is 1. The van der Waals surface area contributed by atoms with Crippen molar-refractivity contribution in [3.05, 3.63) is 65.2 Å². The largest absolute Gasteiger partial charge is 0.372 e. The average molecular weight is 329 g/mol. The Hall–Kier alpha value is -2.26. The number of amides is 1. The van der Waals surface area contributed by atoms with Gasteiger partial charge in [-0.1, -0.05) is 29.8 Å².